The molecule has 98 valence electrons. The van der Waals surface area contributed by atoms with Gasteiger partial charge < -0.3 is 10.2 Å². The molecule has 1 aliphatic carbocycles. The average Bonchev–Trinajstić information content (AvgIpc) is 3.04. The zero-order valence-corrected chi connectivity index (χ0v) is 11.3. The highest BCUT2D eigenvalue weighted by Crippen LogP contribution is 2.33. The maximum atomic E-state index is 5.98. The van der Waals surface area contributed by atoms with E-state index in [1.165, 1.54) is 25.7 Å². The molecular formula is C12H18ClN5. The Morgan fingerprint density at radius 1 is 1.22 bits per heavy atom. The van der Waals surface area contributed by atoms with Crippen LogP contribution >= 0.6 is 11.6 Å². The second kappa shape index (κ2) is 4.88. The molecule has 1 N–H and O–H groups in total. The van der Waals surface area contributed by atoms with Crippen LogP contribution in [0.3, 0.4) is 0 Å². The van der Waals surface area contributed by atoms with E-state index in [0.717, 1.165) is 19.0 Å². The Kier molecular flexibility index (Phi) is 3.24. The van der Waals surface area contributed by atoms with Crippen molar-refractivity contribution < 1.29 is 0 Å². The third kappa shape index (κ3) is 2.66. The van der Waals surface area contributed by atoms with Crippen molar-refractivity contribution in [3.63, 3.8) is 0 Å². The highest BCUT2D eigenvalue weighted by atomic mass is 35.5. The normalized spacial score (nSPS) is 21.1. The molecular weight excluding hydrogens is 250 g/mol. The van der Waals surface area contributed by atoms with Gasteiger partial charge in [-0.25, -0.2) is 0 Å². The zero-order chi connectivity index (χ0) is 12.5. The molecule has 18 heavy (non-hydrogen) atoms. The third-order valence-electron chi connectivity index (χ3n) is 3.67. The molecule has 1 aliphatic heterocycles. The van der Waals surface area contributed by atoms with E-state index in [1.54, 1.807) is 0 Å². The first-order chi connectivity index (χ1) is 8.72. The lowest BCUT2D eigenvalue weighted by Crippen LogP contribution is -2.24. The van der Waals surface area contributed by atoms with Crippen LogP contribution in [0, 0.1) is 5.92 Å². The van der Waals surface area contributed by atoms with Crippen LogP contribution in [-0.4, -0.2) is 34.1 Å². The van der Waals surface area contributed by atoms with Crippen LogP contribution in [0.15, 0.2) is 0 Å². The van der Waals surface area contributed by atoms with Gasteiger partial charge in [-0.05, 0) is 50.1 Å². The van der Waals surface area contributed by atoms with Crippen molar-refractivity contribution in [2.24, 2.45) is 5.92 Å². The van der Waals surface area contributed by atoms with Crippen LogP contribution in [0.5, 0.6) is 0 Å². The van der Waals surface area contributed by atoms with E-state index < -0.39 is 0 Å². The minimum Gasteiger partial charge on any atom is -0.351 e. The summed E-state index contributed by atoms with van der Waals surface area (Å²) in [5.74, 6) is 2.07. The fourth-order valence-electron chi connectivity index (χ4n) is 2.38. The Morgan fingerprint density at radius 3 is 2.61 bits per heavy atom. The van der Waals surface area contributed by atoms with Crippen LogP contribution in [0.4, 0.5) is 11.9 Å². The van der Waals surface area contributed by atoms with Crippen molar-refractivity contribution in [1.82, 2.24) is 15.0 Å². The summed E-state index contributed by atoms with van der Waals surface area (Å²) in [7, 11) is 0. The summed E-state index contributed by atoms with van der Waals surface area (Å²) < 4.78 is 0. The van der Waals surface area contributed by atoms with Gasteiger partial charge in [0.15, 0.2) is 0 Å². The lowest BCUT2D eigenvalue weighted by atomic mass is 10.2. The lowest BCUT2D eigenvalue weighted by Gasteiger charge is -2.17. The summed E-state index contributed by atoms with van der Waals surface area (Å²) in [6.07, 6.45) is 4.99. The Morgan fingerprint density at radius 2 is 1.94 bits per heavy atom. The SMILES string of the molecule is CC(Nc1nc(Cl)nc(N2CCCC2)n1)C1CC1. The molecule has 0 spiro atoms. The van der Waals surface area contributed by atoms with Crippen molar-refractivity contribution in [3.05, 3.63) is 5.28 Å². The molecule has 1 unspecified atom stereocenters. The van der Waals surface area contributed by atoms with Crippen molar-refractivity contribution in [1.29, 1.82) is 0 Å². The number of halogens is 1. The number of nitrogens with zero attached hydrogens (tertiary/aromatic N) is 4. The molecule has 2 heterocycles. The maximum Gasteiger partial charge on any atom is 0.231 e. The molecule has 1 aromatic rings. The lowest BCUT2D eigenvalue weighted by molar-refractivity contribution is 0.684. The number of hydrogen-bond donors (Lipinski definition) is 1. The van der Waals surface area contributed by atoms with Gasteiger partial charge in [-0.15, -0.1) is 0 Å². The Labute approximate surface area is 112 Å². The van der Waals surface area contributed by atoms with Gasteiger partial charge in [-0.3, -0.25) is 0 Å². The molecule has 0 bridgehead atoms. The molecule has 1 atom stereocenters. The maximum absolute atomic E-state index is 5.98. The second-order valence-electron chi connectivity index (χ2n) is 5.19. The van der Waals surface area contributed by atoms with Gasteiger partial charge in [0, 0.05) is 19.1 Å². The molecule has 1 saturated heterocycles. The zero-order valence-electron chi connectivity index (χ0n) is 10.6. The van der Waals surface area contributed by atoms with Gasteiger partial charge in [0.05, 0.1) is 0 Å². The number of nitrogens with one attached hydrogen (secondary N) is 1. The Balaban J connectivity index is 1.76. The van der Waals surface area contributed by atoms with Gasteiger partial charge in [0.25, 0.3) is 0 Å². The average molecular weight is 268 g/mol. The first kappa shape index (κ1) is 12.0. The van der Waals surface area contributed by atoms with Crippen molar-refractivity contribution >= 4 is 23.5 Å². The van der Waals surface area contributed by atoms with Gasteiger partial charge in [-0.1, -0.05) is 0 Å². The highest BCUT2D eigenvalue weighted by Gasteiger charge is 2.28. The minimum atomic E-state index is 0.275. The molecule has 0 aromatic carbocycles. The van der Waals surface area contributed by atoms with Crippen LogP contribution < -0.4 is 10.2 Å². The predicted octanol–water partition coefficient (Wildman–Crippen LogP) is 2.34. The quantitative estimate of drug-likeness (QED) is 0.907. The van der Waals surface area contributed by atoms with Gasteiger partial charge >= 0.3 is 0 Å². The number of anilines is 2. The highest BCUT2D eigenvalue weighted by molar-refractivity contribution is 6.28. The van der Waals surface area contributed by atoms with E-state index in [1.807, 2.05) is 0 Å². The smallest absolute Gasteiger partial charge is 0.231 e. The number of rotatable bonds is 4. The number of aromatic nitrogens is 3. The minimum absolute atomic E-state index is 0.275. The topological polar surface area (TPSA) is 53.9 Å². The predicted molar refractivity (Wildman–Crippen MR) is 72.1 cm³/mol. The van der Waals surface area contributed by atoms with Crippen molar-refractivity contribution in [2.45, 2.75) is 38.6 Å². The van der Waals surface area contributed by atoms with Gasteiger partial charge in [-0.2, -0.15) is 15.0 Å². The standard InChI is InChI=1S/C12H18ClN5/c1-8(9-4-5-9)14-11-15-10(13)16-12(17-11)18-6-2-3-7-18/h8-9H,2-7H2,1H3,(H,14,15,16,17). The summed E-state index contributed by atoms with van der Waals surface area (Å²) in [6, 6.07) is 0.412. The molecule has 0 radical (unpaired) electrons. The van der Waals surface area contributed by atoms with Crippen molar-refractivity contribution in [3.8, 4) is 0 Å². The molecule has 0 amide bonds. The molecule has 5 nitrogen and oxygen atoms in total. The van der Waals surface area contributed by atoms with Crippen LogP contribution in [-0.2, 0) is 0 Å². The first-order valence-electron chi connectivity index (χ1n) is 6.65. The van der Waals surface area contributed by atoms with Crippen LogP contribution in [0.1, 0.15) is 32.6 Å². The van der Waals surface area contributed by atoms with E-state index >= 15 is 0 Å². The van der Waals surface area contributed by atoms with Crippen LogP contribution in [0.25, 0.3) is 0 Å². The monoisotopic (exact) mass is 267 g/mol. The molecule has 2 aliphatic rings. The summed E-state index contributed by atoms with van der Waals surface area (Å²) in [5, 5.41) is 3.61. The summed E-state index contributed by atoms with van der Waals surface area (Å²) in [5.41, 5.74) is 0. The summed E-state index contributed by atoms with van der Waals surface area (Å²) in [4.78, 5) is 15.0. The van der Waals surface area contributed by atoms with E-state index in [9.17, 15) is 0 Å². The van der Waals surface area contributed by atoms with Gasteiger partial charge in [0.1, 0.15) is 0 Å². The van der Waals surface area contributed by atoms with E-state index in [0.29, 0.717) is 17.9 Å². The third-order valence-corrected chi connectivity index (χ3v) is 3.84. The Hall–Kier alpha value is -1.10. The summed E-state index contributed by atoms with van der Waals surface area (Å²) >= 11 is 5.98. The molecule has 1 saturated carbocycles. The molecule has 6 heteroatoms. The van der Waals surface area contributed by atoms with Crippen LogP contribution in [0.2, 0.25) is 5.28 Å². The van der Waals surface area contributed by atoms with E-state index in [-0.39, 0.29) is 5.28 Å². The fraction of sp³-hybridized carbons (Fsp3) is 0.750. The Bertz CT molecular complexity index is 428. The second-order valence-corrected chi connectivity index (χ2v) is 5.53. The van der Waals surface area contributed by atoms with Crippen molar-refractivity contribution in [2.75, 3.05) is 23.3 Å². The molecule has 3 rings (SSSR count). The van der Waals surface area contributed by atoms with E-state index in [2.05, 4.69) is 32.1 Å². The van der Waals surface area contributed by atoms with E-state index in [4.69, 9.17) is 11.6 Å². The number of hydrogen-bond acceptors (Lipinski definition) is 5. The first-order valence-corrected chi connectivity index (χ1v) is 7.03. The van der Waals surface area contributed by atoms with Gasteiger partial charge in [0.2, 0.25) is 17.2 Å². The fourth-order valence-corrected chi connectivity index (χ4v) is 2.54. The molecule has 1 aromatic heterocycles. The largest absolute Gasteiger partial charge is 0.351 e. The summed E-state index contributed by atoms with van der Waals surface area (Å²) in [6.45, 7) is 4.20. The molecule has 2 fully saturated rings.